The zero-order valence-corrected chi connectivity index (χ0v) is 12.8. The third kappa shape index (κ3) is 3.65. The summed E-state index contributed by atoms with van der Waals surface area (Å²) in [5.74, 6) is 0.624. The molecule has 0 aliphatic rings. The van der Waals surface area contributed by atoms with Crippen LogP contribution in [-0.2, 0) is 11.2 Å². The van der Waals surface area contributed by atoms with E-state index in [4.69, 9.17) is 5.73 Å². The molecule has 1 aromatic heterocycles. The molecule has 2 N–H and O–H groups in total. The van der Waals surface area contributed by atoms with Crippen LogP contribution in [0.4, 0.5) is 5.82 Å². The Kier molecular flexibility index (Phi) is 4.52. The summed E-state index contributed by atoms with van der Waals surface area (Å²) < 4.78 is 0. The van der Waals surface area contributed by atoms with Gasteiger partial charge in [0.2, 0.25) is 0 Å². The lowest BCUT2D eigenvalue weighted by atomic mass is 10.2. The third-order valence-corrected chi connectivity index (χ3v) is 4.00. The number of hydrogen-bond donors (Lipinski definition) is 1. The minimum absolute atomic E-state index is 0.154. The van der Waals surface area contributed by atoms with Crippen LogP contribution >= 0.6 is 11.3 Å². The van der Waals surface area contributed by atoms with Gasteiger partial charge in [0, 0.05) is 12.0 Å². The predicted octanol–water partition coefficient (Wildman–Crippen LogP) is 2.37. The number of aromatic nitrogens is 1. The van der Waals surface area contributed by atoms with Crippen molar-refractivity contribution < 1.29 is 4.79 Å². The Labute approximate surface area is 123 Å². The molecule has 2 aromatic rings. The quantitative estimate of drug-likeness (QED) is 0.918. The highest BCUT2D eigenvalue weighted by Crippen LogP contribution is 2.30. The smallest absolute Gasteiger partial charge is 0.152 e. The highest BCUT2D eigenvalue weighted by atomic mass is 32.1. The first kappa shape index (κ1) is 14.7. The summed E-state index contributed by atoms with van der Waals surface area (Å²) in [6.45, 7) is 2.47. The molecule has 0 atom stereocenters. The fraction of sp³-hybridized carbons (Fsp3) is 0.333. The van der Waals surface area contributed by atoms with Crippen molar-refractivity contribution in [2.24, 2.45) is 0 Å². The molecule has 4 nitrogen and oxygen atoms in total. The van der Waals surface area contributed by atoms with Crippen LogP contribution in [0.25, 0.3) is 10.6 Å². The summed E-state index contributed by atoms with van der Waals surface area (Å²) in [6.07, 6.45) is 0.355. The first-order valence-corrected chi connectivity index (χ1v) is 7.26. The van der Waals surface area contributed by atoms with Crippen molar-refractivity contribution in [3.05, 3.63) is 34.7 Å². The Morgan fingerprint density at radius 2 is 1.95 bits per heavy atom. The predicted molar refractivity (Wildman–Crippen MR) is 84.0 cm³/mol. The van der Waals surface area contributed by atoms with Crippen molar-refractivity contribution >= 4 is 22.9 Å². The van der Waals surface area contributed by atoms with E-state index in [2.05, 4.69) is 4.98 Å². The van der Waals surface area contributed by atoms with Gasteiger partial charge in [0.05, 0.1) is 11.4 Å². The average molecular weight is 289 g/mol. The van der Waals surface area contributed by atoms with E-state index >= 15 is 0 Å². The number of Topliss-reactive ketones (excluding diaryl/α,β-unsaturated/α-hetero) is 1. The Hall–Kier alpha value is -1.72. The number of aryl methyl sites for hydroxylation is 1. The Morgan fingerprint density at radius 3 is 2.55 bits per heavy atom. The zero-order chi connectivity index (χ0) is 14.7. The normalized spacial score (nSPS) is 11.0. The van der Waals surface area contributed by atoms with Crippen molar-refractivity contribution in [3.8, 4) is 10.6 Å². The molecule has 0 saturated heterocycles. The largest absolute Gasteiger partial charge is 0.383 e. The topological polar surface area (TPSA) is 59.2 Å². The highest BCUT2D eigenvalue weighted by molar-refractivity contribution is 7.15. The van der Waals surface area contributed by atoms with E-state index < -0.39 is 0 Å². The van der Waals surface area contributed by atoms with Gasteiger partial charge < -0.3 is 10.6 Å². The van der Waals surface area contributed by atoms with Crippen molar-refractivity contribution in [1.29, 1.82) is 0 Å². The van der Waals surface area contributed by atoms with Crippen LogP contribution in [0.5, 0.6) is 0 Å². The van der Waals surface area contributed by atoms with Gasteiger partial charge in [0.15, 0.2) is 5.78 Å². The number of rotatable bonds is 5. The molecule has 0 saturated carbocycles. The van der Waals surface area contributed by atoms with Gasteiger partial charge in [-0.05, 0) is 21.0 Å². The van der Waals surface area contributed by atoms with Gasteiger partial charge in [0.25, 0.3) is 0 Å². The zero-order valence-electron chi connectivity index (χ0n) is 12.0. The van der Waals surface area contributed by atoms with Crippen LogP contribution in [-0.4, -0.2) is 36.3 Å². The second kappa shape index (κ2) is 6.15. The maximum absolute atomic E-state index is 11.8. The first-order valence-electron chi connectivity index (χ1n) is 6.44. The van der Waals surface area contributed by atoms with Crippen LogP contribution in [0.15, 0.2) is 24.3 Å². The molecule has 2 rings (SSSR count). The van der Waals surface area contributed by atoms with Gasteiger partial charge in [-0.1, -0.05) is 29.8 Å². The van der Waals surface area contributed by atoms with E-state index in [1.54, 1.807) is 0 Å². The molecule has 1 heterocycles. The van der Waals surface area contributed by atoms with E-state index in [1.165, 1.54) is 16.9 Å². The summed E-state index contributed by atoms with van der Waals surface area (Å²) in [4.78, 5) is 18.9. The highest BCUT2D eigenvalue weighted by Gasteiger charge is 2.14. The maximum atomic E-state index is 11.8. The lowest BCUT2D eigenvalue weighted by molar-refractivity contribution is -0.118. The second-order valence-corrected chi connectivity index (χ2v) is 6.23. The molecule has 0 bridgehead atoms. The Balaban J connectivity index is 2.17. The van der Waals surface area contributed by atoms with E-state index in [9.17, 15) is 4.79 Å². The van der Waals surface area contributed by atoms with Crippen LogP contribution in [0.3, 0.4) is 0 Å². The van der Waals surface area contributed by atoms with Crippen molar-refractivity contribution in [3.63, 3.8) is 0 Å². The van der Waals surface area contributed by atoms with Crippen molar-refractivity contribution in [2.75, 3.05) is 26.4 Å². The summed E-state index contributed by atoms with van der Waals surface area (Å²) in [7, 11) is 3.76. The maximum Gasteiger partial charge on any atom is 0.152 e. The van der Waals surface area contributed by atoms with Crippen LogP contribution in [0.2, 0.25) is 0 Å². The molecule has 5 heteroatoms. The van der Waals surface area contributed by atoms with Crippen molar-refractivity contribution in [2.45, 2.75) is 13.3 Å². The molecule has 106 valence electrons. The number of hydrogen-bond acceptors (Lipinski definition) is 5. The fourth-order valence-corrected chi connectivity index (χ4v) is 2.91. The number of ketones is 1. The van der Waals surface area contributed by atoms with Gasteiger partial charge in [-0.25, -0.2) is 4.98 Å². The van der Waals surface area contributed by atoms with Crippen LogP contribution in [0.1, 0.15) is 10.4 Å². The van der Waals surface area contributed by atoms with Crippen molar-refractivity contribution in [1.82, 2.24) is 9.88 Å². The van der Waals surface area contributed by atoms with Crippen LogP contribution < -0.4 is 5.73 Å². The monoisotopic (exact) mass is 289 g/mol. The number of likely N-dealkylation sites (N-methyl/N-ethyl adjacent to an activating group) is 1. The Bertz CT molecular complexity index is 602. The molecular weight excluding hydrogens is 270 g/mol. The number of thiazole rings is 1. The molecule has 20 heavy (non-hydrogen) atoms. The minimum Gasteiger partial charge on any atom is -0.383 e. The average Bonchev–Trinajstić information content (AvgIpc) is 2.70. The minimum atomic E-state index is 0.154. The standard InChI is InChI=1S/C15H19N3OS/c1-10-4-6-11(7-5-10)15-17-14(16)13(20-15)8-12(19)9-18(2)3/h4-7H,8-9,16H2,1-3H3. The van der Waals surface area contributed by atoms with Crippen LogP contribution in [0, 0.1) is 6.92 Å². The van der Waals surface area contributed by atoms with Gasteiger partial charge in [-0.3, -0.25) is 4.79 Å². The summed E-state index contributed by atoms with van der Waals surface area (Å²) >= 11 is 1.50. The molecule has 0 spiro atoms. The number of nitrogens with zero attached hydrogens (tertiary/aromatic N) is 2. The molecule has 0 aliphatic carbocycles. The Morgan fingerprint density at radius 1 is 1.30 bits per heavy atom. The SMILES string of the molecule is Cc1ccc(-c2nc(N)c(CC(=O)CN(C)C)s2)cc1. The number of benzene rings is 1. The number of anilines is 1. The molecule has 0 amide bonds. The fourth-order valence-electron chi connectivity index (χ4n) is 1.90. The van der Waals surface area contributed by atoms with E-state index in [0.29, 0.717) is 18.8 Å². The van der Waals surface area contributed by atoms with E-state index in [1.807, 2.05) is 50.2 Å². The number of nitrogens with two attached hydrogens (primary N) is 1. The van der Waals surface area contributed by atoms with E-state index in [-0.39, 0.29) is 5.78 Å². The number of carbonyl (C=O) groups excluding carboxylic acids is 1. The summed E-state index contributed by atoms with van der Waals surface area (Å²) in [5.41, 5.74) is 8.17. The molecule has 1 aromatic carbocycles. The number of nitrogen functional groups attached to an aromatic ring is 1. The third-order valence-electron chi connectivity index (χ3n) is 2.88. The lowest BCUT2D eigenvalue weighted by Gasteiger charge is -2.07. The van der Waals surface area contributed by atoms with Gasteiger partial charge >= 0.3 is 0 Å². The molecular formula is C15H19N3OS. The molecule has 0 aliphatic heterocycles. The first-order chi connectivity index (χ1) is 9.45. The van der Waals surface area contributed by atoms with Gasteiger partial charge in [-0.2, -0.15) is 0 Å². The molecule has 0 unspecified atom stereocenters. The van der Waals surface area contributed by atoms with E-state index in [0.717, 1.165) is 15.4 Å². The second-order valence-electron chi connectivity index (χ2n) is 5.15. The number of carbonyl (C=O) groups is 1. The summed E-state index contributed by atoms with van der Waals surface area (Å²) in [6, 6.07) is 8.14. The molecule has 0 fully saturated rings. The summed E-state index contributed by atoms with van der Waals surface area (Å²) in [5, 5.41) is 0.871. The van der Waals surface area contributed by atoms with Gasteiger partial charge in [0.1, 0.15) is 10.8 Å². The lowest BCUT2D eigenvalue weighted by Crippen LogP contribution is -2.22. The molecule has 0 radical (unpaired) electrons. The van der Waals surface area contributed by atoms with Gasteiger partial charge in [-0.15, -0.1) is 11.3 Å².